The Bertz CT molecular complexity index is 482. The Morgan fingerprint density at radius 3 is 2.80 bits per heavy atom. The molecule has 20 heavy (non-hydrogen) atoms. The highest BCUT2D eigenvalue weighted by molar-refractivity contribution is 7.99. The third-order valence-corrected chi connectivity index (χ3v) is 5.15. The minimum absolute atomic E-state index is 0.242. The third-order valence-electron chi connectivity index (χ3n) is 3.99. The van der Waals surface area contributed by atoms with Crippen LogP contribution in [0.3, 0.4) is 0 Å². The van der Waals surface area contributed by atoms with Gasteiger partial charge in [0.05, 0.1) is 5.69 Å². The van der Waals surface area contributed by atoms with Crippen molar-refractivity contribution in [3.8, 4) is 0 Å². The predicted octanol–water partition coefficient (Wildman–Crippen LogP) is 1.07. The summed E-state index contributed by atoms with van der Waals surface area (Å²) in [6.07, 6.45) is 2.80. The number of thioether (sulfide) groups is 1. The number of aromatic nitrogens is 1. The fraction of sp³-hybridized carbons (Fsp3) is 0.571. The maximum atomic E-state index is 12.4. The van der Waals surface area contributed by atoms with Crippen molar-refractivity contribution in [3.05, 3.63) is 18.3 Å². The Labute approximate surface area is 123 Å². The molecule has 3 rings (SSSR count). The van der Waals surface area contributed by atoms with Crippen LogP contribution in [-0.2, 0) is 4.79 Å². The van der Waals surface area contributed by atoms with Gasteiger partial charge in [-0.05, 0) is 24.3 Å². The molecule has 0 saturated carbocycles. The van der Waals surface area contributed by atoms with Crippen LogP contribution in [-0.4, -0.2) is 53.5 Å². The largest absolute Gasteiger partial charge is 0.396 e. The summed E-state index contributed by atoms with van der Waals surface area (Å²) in [4.78, 5) is 20.9. The van der Waals surface area contributed by atoms with Gasteiger partial charge in [-0.25, -0.2) is 4.98 Å². The molecule has 0 spiro atoms. The van der Waals surface area contributed by atoms with Crippen LogP contribution in [0, 0.1) is 5.92 Å². The van der Waals surface area contributed by atoms with Gasteiger partial charge in [0, 0.05) is 44.0 Å². The molecule has 6 heteroatoms. The Morgan fingerprint density at radius 1 is 1.35 bits per heavy atom. The second-order valence-electron chi connectivity index (χ2n) is 5.29. The van der Waals surface area contributed by atoms with Gasteiger partial charge < -0.3 is 15.5 Å². The summed E-state index contributed by atoms with van der Waals surface area (Å²) in [5, 5.41) is 0. The molecule has 5 nitrogen and oxygen atoms in total. The number of amides is 1. The molecule has 108 valence electrons. The number of nitrogens with zero attached hydrogens (tertiary/aromatic N) is 3. The zero-order chi connectivity index (χ0) is 13.9. The second kappa shape index (κ2) is 5.91. The Hall–Kier alpha value is -1.43. The summed E-state index contributed by atoms with van der Waals surface area (Å²) < 4.78 is 0. The van der Waals surface area contributed by atoms with Crippen molar-refractivity contribution in [1.29, 1.82) is 0 Å². The van der Waals surface area contributed by atoms with Crippen LogP contribution in [0.2, 0.25) is 0 Å². The molecule has 1 aromatic heterocycles. The average molecular weight is 292 g/mol. The lowest BCUT2D eigenvalue weighted by molar-refractivity contribution is -0.135. The van der Waals surface area contributed by atoms with E-state index in [1.54, 1.807) is 6.20 Å². The topological polar surface area (TPSA) is 62.5 Å². The van der Waals surface area contributed by atoms with Crippen molar-refractivity contribution in [2.24, 2.45) is 5.92 Å². The molecule has 1 unspecified atom stereocenters. The van der Waals surface area contributed by atoms with Crippen molar-refractivity contribution < 1.29 is 4.79 Å². The molecule has 1 atom stereocenters. The van der Waals surface area contributed by atoms with E-state index in [0.29, 0.717) is 11.6 Å². The van der Waals surface area contributed by atoms with Crippen molar-refractivity contribution >= 4 is 29.2 Å². The van der Waals surface area contributed by atoms with Gasteiger partial charge >= 0.3 is 0 Å². The predicted molar refractivity (Wildman–Crippen MR) is 82.9 cm³/mol. The number of nitrogen functional groups attached to an aromatic ring is 1. The van der Waals surface area contributed by atoms with E-state index in [1.807, 2.05) is 28.8 Å². The molecule has 2 aliphatic rings. The summed E-state index contributed by atoms with van der Waals surface area (Å²) in [6, 6.07) is 3.71. The van der Waals surface area contributed by atoms with E-state index in [-0.39, 0.29) is 5.92 Å². The van der Waals surface area contributed by atoms with Crippen LogP contribution in [0.15, 0.2) is 18.3 Å². The number of carbonyl (C=O) groups excluding carboxylic acids is 1. The van der Waals surface area contributed by atoms with Gasteiger partial charge in [0.15, 0.2) is 5.82 Å². The normalized spacial score (nSPS) is 23.1. The van der Waals surface area contributed by atoms with E-state index >= 15 is 0 Å². The Balaban J connectivity index is 1.59. The van der Waals surface area contributed by atoms with E-state index in [0.717, 1.165) is 49.9 Å². The van der Waals surface area contributed by atoms with E-state index in [4.69, 9.17) is 5.73 Å². The first-order valence-electron chi connectivity index (χ1n) is 7.07. The first kappa shape index (κ1) is 13.5. The lowest BCUT2D eigenvalue weighted by Gasteiger charge is -2.36. The van der Waals surface area contributed by atoms with E-state index < -0.39 is 0 Å². The summed E-state index contributed by atoms with van der Waals surface area (Å²) in [5.74, 6) is 3.54. The number of nitrogens with two attached hydrogens (primary N) is 1. The highest BCUT2D eigenvalue weighted by Crippen LogP contribution is 2.26. The standard InChI is InChI=1S/C14H20N4OS/c15-12-2-1-4-16-13(12)17-5-7-18(8-6-17)14(19)11-3-9-20-10-11/h1-2,4,11H,3,5-10,15H2. The van der Waals surface area contributed by atoms with Crippen LogP contribution >= 0.6 is 11.8 Å². The zero-order valence-corrected chi connectivity index (χ0v) is 12.3. The van der Waals surface area contributed by atoms with Crippen molar-refractivity contribution in [3.63, 3.8) is 0 Å². The third kappa shape index (κ3) is 2.70. The summed E-state index contributed by atoms with van der Waals surface area (Å²) in [5.41, 5.74) is 6.67. The molecule has 2 aliphatic heterocycles. The van der Waals surface area contributed by atoms with Crippen molar-refractivity contribution in [2.45, 2.75) is 6.42 Å². The van der Waals surface area contributed by atoms with Crippen LogP contribution in [0.25, 0.3) is 0 Å². The number of carbonyl (C=O) groups is 1. The van der Waals surface area contributed by atoms with Crippen LogP contribution in [0.5, 0.6) is 0 Å². The van der Waals surface area contributed by atoms with Gasteiger partial charge in [0.25, 0.3) is 0 Å². The van der Waals surface area contributed by atoms with Crippen molar-refractivity contribution in [1.82, 2.24) is 9.88 Å². The zero-order valence-electron chi connectivity index (χ0n) is 11.5. The molecule has 2 N–H and O–H groups in total. The monoisotopic (exact) mass is 292 g/mol. The Morgan fingerprint density at radius 2 is 2.15 bits per heavy atom. The van der Waals surface area contributed by atoms with Gasteiger partial charge in [-0.2, -0.15) is 11.8 Å². The average Bonchev–Trinajstić information content (AvgIpc) is 3.01. The number of anilines is 2. The van der Waals surface area contributed by atoms with Gasteiger partial charge in [-0.1, -0.05) is 0 Å². The number of piperazine rings is 1. The molecular formula is C14H20N4OS. The van der Waals surface area contributed by atoms with E-state index in [1.165, 1.54) is 0 Å². The molecular weight excluding hydrogens is 272 g/mol. The lowest BCUT2D eigenvalue weighted by Crippen LogP contribution is -2.50. The molecule has 1 amide bonds. The van der Waals surface area contributed by atoms with Crippen LogP contribution < -0.4 is 10.6 Å². The highest BCUT2D eigenvalue weighted by Gasteiger charge is 2.30. The summed E-state index contributed by atoms with van der Waals surface area (Å²) in [7, 11) is 0. The van der Waals surface area contributed by atoms with Crippen LogP contribution in [0.4, 0.5) is 11.5 Å². The molecule has 0 aromatic carbocycles. The first-order valence-corrected chi connectivity index (χ1v) is 8.23. The van der Waals surface area contributed by atoms with E-state index in [9.17, 15) is 4.79 Å². The maximum Gasteiger partial charge on any atom is 0.226 e. The fourth-order valence-corrected chi connectivity index (χ4v) is 4.01. The molecule has 3 heterocycles. The summed E-state index contributed by atoms with van der Waals surface area (Å²) in [6.45, 7) is 3.17. The number of hydrogen-bond acceptors (Lipinski definition) is 5. The molecule has 2 fully saturated rings. The quantitative estimate of drug-likeness (QED) is 0.883. The molecule has 0 radical (unpaired) electrons. The maximum absolute atomic E-state index is 12.4. The molecule has 2 saturated heterocycles. The first-order chi connectivity index (χ1) is 9.75. The van der Waals surface area contributed by atoms with Crippen LogP contribution in [0.1, 0.15) is 6.42 Å². The minimum Gasteiger partial charge on any atom is -0.396 e. The fourth-order valence-electron chi connectivity index (χ4n) is 2.80. The van der Waals surface area contributed by atoms with E-state index in [2.05, 4.69) is 9.88 Å². The number of hydrogen-bond donors (Lipinski definition) is 1. The summed E-state index contributed by atoms with van der Waals surface area (Å²) >= 11 is 1.89. The molecule has 0 bridgehead atoms. The number of pyridine rings is 1. The van der Waals surface area contributed by atoms with Gasteiger partial charge in [-0.15, -0.1) is 0 Å². The van der Waals surface area contributed by atoms with Gasteiger partial charge in [-0.3, -0.25) is 4.79 Å². The van der Waals surface area contributed by atoms with Gasteiger partial charge in [0.1, 0.15) is 0 Å². The second-order valence-corrected chi connectivity index (χ2v) is 6.44. The SMILES string of the molecule is Nc1cccnc1N1CCN(C(=O)C2CCSC2)CC1. The molecule has 0 aliphatic carbocycles. The number of rotatable bonds is 2. The van der Waals surface area contributed by atoms with Crippen molar-refractivity contribution in [2.75, 3.05) is 48.3 Å². The molecule has 1 aromatic rings. The van der Waals surface area contributed by atoms with Gasteiger partial charge in [0.2, 0.25) is 5.91 Å². The Kier molecular flexibility index (Phi) is 4.00. The smallest absolute Gasteiger partial charge is 0.226 e. The minimum atomic E-state index is 0.242. The highest BCUT2D eigenvalue weighted by atomic mass is 32.2. The lowest BCUT2D eigenvalue weighted by atomic mass is 10.1.